The zero-order valence-corrected chi connectivity index (χ0v) is 7.16. The fraction of sp³-hybridized carbons (Fsp3) is 0.400. The van der Waals surface area contributed by atoms with Crippen LogP contribution in [-0.4, -0.2) is 11.2 Å². The Morgan fingerprint density at radius 3 is 2.85 bits per heavy atom. The summed E-state index contributed by atoms with van der Waals surface area (Å²) in [6.45, 7) is -0.284. The van der Waals surface area contributed by atoms with Crippen molar-refractivity contribution in [3.05, 3.63) is 29.6 Å². The predicted octanol–water partition coefficient (Wildman–Crippen LogP) is 1.86. The van der Waals surface area contributed by atoms with Gasteiger partial charge in [-0.1, -0.05) is 0 Å². The van der Waals surface area contributed by atoms with Crippen molar-refractivity contribution < 1.29 is 14.2 Å². The first-order valence-electron chi connectivity index (χ1n) is 4.35. The number of hydrogen-bond donors (Lipinski definition) is 1. The third-order valence-electron chi connectivity index (χ3n) is 2.01. The Kier molecular flexibility index (Phi) is 2.19. The van der Waals surface area contributed by atoms with E-state index < -0.39 is 0 Å². The summed E-state index contributed by atoms with van der Waals surface area (Å²) in [5.74, 6) is 0.263. The normalized spacial score (nSPS) is 15.8. The average Bonchev–Trinajstić information content (AvgIpc) is 2.92. The summed E-state index contributed by atoms with van der Waals surface area (Å²) >= 11 is 0. The molecule has 0 spiro atoms. The molecule has 13 heavy (non-hydrogen) atoms. The van der Waals surface area contributed by atoms with Gasteiger partial charge in [0.05, 0.1) is 12.7 Å². The topological polar surface area (TPSA) is 29.5 Å². The first kappa shape index (κ1) is 8.51. The van der Waals surface area contributed by atoms with E-state index in [2.05, 4.69) is 0 Å². The van der Waals surface area contributed by atoms with Crippen LogP contribution in [0.1, 0.15) is 18.4 Å². The highest BCUT2D eigenvalue weighted by Crippen LogP contribution is 2.27. The summed E-state index contributed by atoms with van der Waals surface area (Å²) in [7, 11) is 0. The minimum absolute atomic E-state index is 0.284. The Balaban J connectivity index is 2.16. The van der Waals surface area contributed by atoms with Gasteiger partial charge in [-0.05, 0) is 31.0 Å². The summed E-state index contributed by atoms with van der Waals surface area (Å²) in [5, 5.41) is 8.80. The van der Waals surface area contributed by atoms with Crippen molar-refractivity contribution in [2.45, 2.75) is 25.6 Å². The Labute approximate surface area is 76.0 Å². The fourth-order valence-electron chi connectivity index (χ4n) is 1.12. The van der Waals surface area contributed by atoms with Crippen molar-refractivity contribution in [3.8, 4) is 5.75 Å². The Morgan fingerprint density at radius 1 is 1.46 bits per heavy atom. The lowest BCUT2D eigenvalue weighted by Crippen LogP contribution is -1.98. The largest absolute Gasteiger partial charge is 0.490 e. The lowest BCUT2D eigenvalue weighted by molar-refractivity contribution is 0.271. The number of halogens is 1. The zero-order valence-electron chi connectivity index (χ0n) is 7.16. The van der Waals surface area contributed by atoms with Gasteiger partial charge in [-0.2, -0.15) is 0 Å². The van der Waals surface area contributed by atoms with E-state index in [0.29, 0.717) is 11.9 Å². The number of benzene rings is 1. The van der Waals surface area contributed by atoms with Crippen LogP contribution in [-0.2, 0) is 6.61 Å². The molecule has 1 aliphatic rings. The molecule has 3 heteroatoms. The van der Waals surface area contributed by atoms with E-state index in [-0.39, 0.29) is 18.0 Å². The highest BCUT2D eigenvalue weighted by molar-refractivity contribution is 5.29. The van der Waals surface area contributed by atoms with Crippen LogP contribution in [0.2, 0.25) is 0 Å². The molecule has 70 valence electrons. The molecule has 0 aliphatic heterocycles. The summed E-state index contributed by atoms with van der Waals surface area (Å²) < 4.78 is 18.4. The van der Waals surface area contributed by atoms with Crippen LogP contribution in [0, 0.1) is 5.82 Å². The summed E-state index contributed by atoms with van der Waals surface area (Å²) in [6, 6.07) is 4.46. The smallest absolute Gasteiger partial charge is 0.128 e. The summed E-state index contributed by atoms with van der Waals surface area (Å²) in [4.78, 5) is 0. The molecule has 0 amide bonds. The minimum Gasteiger partial charge on any atom is -0.490 e. The molecular weight excluding hydrogens is 171 g/mol. The maximum Gasteiger partial charge on any atom is 0.128 e. The number of aliphatic hydroxyl groups excluding tert-OH is 1. The van der Waals surface area contributed by atoms with E-state index in [9.17, 15) is 4.39 Å². The SMILES string of the molecule is OCc1cc(OC2CC2)ccc1F. The second kappa shape index (κ2) is 3.34. The molecular formula is C10H11FO2. The van der Waals surface area contributed by atoms with Gasteiger partial charge < -0.3 is 9.84 Å². The molecule has 2 nitrogen and oxygen atoms in total. The molecule has 2 rings (SSSR count). The quantitative estimate of drug-likeness (QED) is 0.773. The van der Waals surface area contributed by atoms with Crippen molar-refractivity contribution in [2.75, 3.05) is 0 Å². The van der Waals surface area contributed by atoms with Crippen LogP contribution >= 0.6 is 0 Å². The van der Waals surface area contributed by atoms with E-state index >= 15 is 0 Å². The molecule has 0 unspecified atom stereocenters. The molecule has 1 aromatic rings. The Morgan fingerprint density at radius 2 is 2.23 bits per heavy atom. The maximum absolute atomic E-state index is 12.9. The minimum atomic E-state index is -0.384. The van der Waals surface area contributed by atoms with Crippen molar-refractivity contribution in [1.29, 1.82) is 0 Å². The van der Waals surface area contributed by atoms with Crippen LogP contribution in [0.4, 0.5) is 4.39 Å². The predicted molar refractivity (Wildman–Crippen MR) is 46.0 cm³/mol. The first-order chi connectivity index (χ1) is 6.29. The molecule has 1 aromatic carbocycles. The number of ether oxygens (including phenoxy) is 1. The van der Waals surface area contributed by atoms with Gasteiger partial charge in [-0.3, -0.25) is 0 Å². The van der Waals surface area contributed by atoms with Gasteiger partial charge in [-0.15, -0.1) is 0 Å². The molecule has 0 radical (unpaired) electrons. The van der Waals surface area contributed by atoms with Crippen LogP contribution in [0.5, 0.6) is 5.75 Å². The van der Waals surface area contributed by atoms with E-state index in [1.807, 2.05) is 0 Å². The second-order valence-electron chi connectivity index (χ2n) is 3.23. The van der Waals surface area contributed by atoms with E-state index in [0.717, 1.165) is 12.8 Å². The van der Waals surface area contributed by atoms with Gasteiger partial charge in [0.1, 0.15) is 11.6 Å². The maximum atomic E-state index is 12.9. The molecule has 0 atom stereocenters. The van der Waals surface area contributed by atoms with E-state index in [1.165, 1.54) is 6.07 Å². The van der Waals surface area contributed by atoms with Gasteiger partial charge in [0.2, 0.25) is 0 Å². The van der Waals surface area contributed by atoms with Gasteiger partial charge in [-0.25, -0.2) is 4.39 Å². The van der Waals surface area contributed by atoms with Crippen LogP contribution in [0.3, 0.4) is 0 Å². The van der Waals surface area contributed by atoms with E-state index in [4.69, 9.17) is 9.84 Å². The number of hydrogen-bond acceptors (Lipinski definition) is 2. The molecule has 0 bridgehead atoms. The molecule has 1 aliphatic carbocycles. The molecule has 0 heterocycles. The van der Waals surface area contributed by atoms with Crippen LogP contribution in [0.25, 0.3) is 0 Å². The van der Waals surface area contributed by atoms with Crippen LogP contribution in [0.15, 0.2) is 18.2 Å². The standard InChI is InChI=1S/C10H11FO2/c11-10-4-3-9(5-7(10)6-12)13-8-1-2-8/h3-5,8,12H,1-2,6H2. The molecule has 1 fully saturated rings. The van der Waals surface area contributed by atoms with Crippen molar-refractivity contribution in [2.24, 2.45) is 0 Å². The highest BCUT2D eigenvalue weighted by Gasteiger charge is 2.23. The Hall–Kier alpha value is -1.09. The molecule has 0 saturated heterocycles. The number of rotatable bonds is 3. The van der Waals surface area contributed by atoms with Crippen molar-refractivity contribution >= 4 is 0 Å². The third-order valence-corrected chi connectivity index (χ3v) is 2.01. The molecule has 0 aromatic heterocycles. The van der Waals surface area contributed by atoms with Gasteiger partial charge in [0.25, 0.3) is 0 Å². The monoisotopic (exact) mass is 182 g/mol. The highest BCUT2D eigenvalue weighted by atomic mass is 19.1. The summed E-state index contributed by atoms with van der Waals surface area (Å²) in [6.07, 6.45) is 2.45. The summed E-state index contributed by atoms with van der Waals surface area (Å²) in [5.41, 5.74) is 0.290. The molecule has 1 saturated carbocycles. The third kappa shape index (κ3) is 1.98. The van der Waals surface area contributed by atoms with Gasteiger partial charge in [0, 0.05) is 5.56 Å². The fourth-order valence-corrected chi connectivity index (χ4v) is 1.12. The molecule has 1 N–H and O–H groups in total. The second-order valence-corrected chi connectivity index (χ2v) is 3.23. The van der Waals surface area contributed by atoms with Gasteiger partial charge in [0.15, 0.2) is 0 Å². The first-order valence-corrected chi connectivity index (χ1v) is 4.35. The number of aliphatic hydroxyl groups is 1. The lowest BCUT2D eigenvalue weighted by Gasteiger charge is -2.05. The van der Waals surface area contributed by atoms with Crippen LogP contribution < -0.4 is 4.74 Å². The van der Waals surface area contributed by atoms with Gasteiger partial charge >= 0.3 is 0 Å². The average molecular weight is 182 g/mol. The zero-order chi connectivity index (χ0) is 9.26. The Bertz CT molecular complexity index is 308. The van der Waals surface area contributed by atoms with Crippen molar-refractivity contribution in [1.82, 2.24) is 0 Å². The van der Waals surface area contributed by atoms with E-state index in [1.54, 1.807) is 12.1 Å². The van der Waals surface area contributed by atoms with Crippen molar-refractivity contribution in [3.63, 3.8) is 0 Å². The lowest BCUT2D eigenvalue weighted by atomic mass is 10.2.